The van der Waals surface area contributed by atoms with E-state index in [0.717, 1.165) is 51.6 Å². The lowest BCUT2D eigenvalue weighted by molar-refractivity contribution is 0.0132. The summed E-state index contributed by atoms with van der Waals surface area (Å²) in [5.74, 6) is 1.53. The molecule has 28 heavy (non-hydrogen) atoms. The first-order valence-electron chi connectivity index (χ1n) is 10.0. The van der Waals surface area contributed by atoms with Crippen LogP contribution in [0.4, 0.5) is 0 Å². The van der Waals surface area contributed by atoms with E-state index in [9.17, 15) is 8.42 Å². The highest BCUT2D eigenvalue weighted by atomic mass is 127. The summed E-state index contributed by atoms with van der Waals surface area (Å²) < 4.78 is 30.4. The second-order valence-electron chi connectivity index (χ2n) is 7.39. The van der Waals surface area contributed by atoms with Crippen LogP contribution in [0.25, 0.3) is 0 Å². The number of nitrogens with one attached hydrogen (secondary N) is 2. The molecule has 1 unspecified atom stereocenters. The third kappa shape index (κ3) is 10.6. The van der Waals surface area contributed by atoms with Crippen LogP contribution in [-0.2, 0) is 14.8 Å². The quantitative estimate of drug-likeness (QED) is 0.180. The van der Waals surface area contributed by atoms with Gasteiger partial charge in [-0.25, -0.2) is 12.7 Å². The van der Waals surface area contributed by atoms with E-state index in [-0.39, 0.29) is 29.7 Å². The van der Waals surface area contributed by atoms with Crippen molar-refractivity contribution in [1.29, 1.82) is 0 Å². The summed E-state index contributed by atoms with van der Waals surface area (Å²) in [5.41, 5.74) is 0. The summed E-state index contributed by atoms with van der Waals surface area (Å²) in [4.78, 5) is 6.78. The van der Waals surface area contributed by atoms with Gasteiger partial charge in [0.15, 0.2) is 5.96 Å². The lowest BCUT2D eigenvalue weighted by atomic mass is 10.0. The highest BCUT2D eigenvalue weighted by molar-refractivity contribution is 14.0. The second kappa shape index (κ2) is 14.8. The lowest BCUT2D eigenvalue weighted by Crippen LogP contribution is -2.51. The van der Waals surface area contributed by atoms with Gasteiger partial charge < -0.3 is 15.4 Å². The number of hydrogen-bond acceptors (Lipinski definition) is 5. The molecular formula is C18H40IN5O3S. The monoisotopic (exact) mass is 533 g/mol. The summed E-state index contributed by atoms with van der Waals surface area (Å²) in [6.07, 6.45) is 1.86. The van der Waals surface area contributed by atoms with Gasteiger partial charge in [0.1, 0.15) is 0 Å². The van der Waals surface area contributed by atoms with Gasteiger partial charge in [0.05, 0.1) is 19.0 Å². The Kier molecular flexibility index (Phi) is 14.7. The van der Waals surface area contributed by atoms with Gasteiger partial charge in [-0.15, -0.1) is 24.0 Å². The van der Waals surface area contributed by atoms with E-state index in [1.165, 1.54) is 4.31 Å². The Bertz CT molecular complexity index is 539. The maximum Gasteiger partial charge on any atom is 0.213 e. The van der Waals surface area contributed by atoms with Crippen LogP contribution in [0.15, 0.2) is 4.99 Å². The molecule has 1 atom stereocenters. The van der Waals surface area contributed by atoms with Crippen molar-refractivity contribution in [2.24, 2.45) is 10.9 Å². The molecule has 0 aromatic heterocycles. The van der Waals surface area contributed by atoms with Gasteiger partial charge in [0.2, 0.25) is 10.0 Å². The number of hydrogen-bond donors (Lipinski definition) is 2. The summed E-state index contributed by atoms with van der Waals surface area (Å²) in [5, 5.41) is 6.71. The molecule has 1 heterocycles. The fourth-order valence-corrected chi connectivity index (χ4v) is 4.00. The fourth-order valence-electron chi connectivity index (χ4n) is 3.15. The van der Waals surface area contributed by atoms with Crippen LogP contribution >= 0.6 is 24.0 Å². The van der Waals surface area contributed by atoms with Crippen molar-refractivity contribution >= 4 is 40.0 Å². The molecule has 8 nitrogen and oxygen atoms in total. The highest BCUT2D eigenvalue weighted by Crippen LogP contribution is 2.13. The number of guanidine groups is 1. The van der Waals surface area contributed by atoms with Crippen LogP contribution in [0.3, 0.4) is 0 Å². The van der Waals surface area contributed by atoms with Crippen molar-refractivity contribution in [1.82, 2.24) is 19.8 Å². The number of halogens is 1. The molecule has 0 aromatic carbocycles. The minimum atomic E-state index is -3.11. The average molecular weight is 534 g/mol. The molecule has 1 aliphatic heterocycles. The van der Waals surface area contributed by atoms with E-state index < -0.39 is 10.0 Å². The van der Waals surface area contributed by atoms with Gasteiger partial charge in [-0.3, -0.25) is 9.89 Å². The second-order valence-corrected chi connectivity index (χ2v) is 9.75. The summed E-state index contributed by atoms with van der Waals surface area (Å²) >= 11 is 0. The molecule has 168 valence electrons. The largest absolute Gasteiger partial charge is 0.379 e. The minimum Gasteiger partial charge on any atom is -0.379 e. The van der Waals surface area contributed by atoms with Crippen molar-refractivity contribution in [3.63, 3.8) is 0 Å². The Morgan fingerprint density at radius 3 is 2.43 bits per heavy atom. The predicted octanol–water partition coefficient (Wildman–Crippen LogP) is 1.19. The molecule has 0 amide bonds. The number of rotatable bonds is 11. The molecular weight excluding hydrogens is 493 g/mol. The van der Waals surface area contributed by atoms with Crippen molar-refractivity contribution in [2.75, 3.05) is 65.8 Å². The van der Waals surface area contributed by atoms with Crippen LogP contribution in [0.5, 0.6) is 0 Å². The summed E-state index contributed by atoms with van der Waals surface area (Å²) in [7, 11) is 0.283. The zero-order valence-electron chi connectivity index (χ0n) is 18.1. The van der Waals surface area contributed by atoms with Gasteiger partial charge in [0, 0.05) is 52.9 Å². The smallest absolute Gasteiger partial charge is 0.213 e. The van der Waals surface area contributed by atoms with Gasteiger partial charge in [0.25, 0.3) is 0 Å². The maximum atomic E-state index is 11.8. The Balaban J connectivity index is 0.00000729. The first-order chi connectivity index (χ1) is 12.8. The third-order valence-electron chi connectivity index (χ3n) is 4.82. The van der Waals surface area contributed by atoms with E-state index >= 15 is 0 Å². The van der Waals surface area contributed by atoms with E-state index in [4.69, 9.17) is 4.74 Å². The Morgan fingerprint density at radius 2 is 1.89 bits per heavy atom. The first-order valence-corrected chi connectivity index (χ1v) is 11.6. The first kappa shape index (κ1) is 27.8. The minimum absolute atomic E-state index is 0. The SMILES string of the molecule is CCS(=O)(=O)N(C)CCCNC(=NC)NCC(CC(C)C)N1CCOCC1.I. The molecule has 1 rings (SSSR count). The zero-order chi connectivity index (χ0) is 20.3. The topological polar surface area (TPSA) is 86.3 Å². The standard InChI is InChI=1S/C18H39N5O3S.HI/c1-6-27(24,25)22(5)9-7-8-20-18(19-4)21-15-17(14-16(2)3)23-10-12-26-13-11-23;/h16-17H,6-15H2,1-5H3,(H2,19,20,21);1H. The molecule has 10 heteroatoms. The van der Waals surface area contributed by atoms with Crippen LogP contribution in [0.2, 0.25) is 0 Å². The van der Waals surface area contributed by atoms with Crippen LogP contribution < -0.4 is 10.6 Å². The van der Waals surface area contributed by atoms with Crippen LogP contribution in [0, 0.1) is 5.92 Å². The zero-order valence-corrected chi connectivity index (χ0v) is 21.3. The van der Waals surface area contributed by atoms with Gasteiger partial charge in [-0.05, 0) is 25.7 Å². The molecule has 1 saturated heterocycles. The summed E-state index contributed by atoms with van der Waals surface area (Å²) in [6.45, 7) is 11.7. The number of morpholine rings is 1. The maximum absolute atomic E-state index is 11.8. The number of sulfonamides is 1. The third-order valence-corrected chi connectivity index (χ3v) is 6.68. The Labute approximate surface area is 188 Å². The van der Waals surface area contributed by atoms with Crippen molar-refractivity contribution < 1.29 is 13.2 Å². The summed E-state index contributed by atoms with van der Waals surface area (Å²) in [6, 6.07) is 0.452. The van der Waals surface area contributed by atoms with E-state index in [2.05, 4.69) is 34.4 Å². The van der Waals surface area contributed by atoms with Gasteiger partial charge >= 0.3 is 0 Å². The predicted molar refractivity (Wildman–Crippen MR) is 127 cm³/mol. The molecule has 0 saturated carbocycles. The molecule has 0 aliphatic carbocycles. The van der Waals surface area contributed by atoms with E-state index in [0.29, 0.717) is 25.0 Å². The van der Waals surface area contributed by atoms with Crippen molar-refractivity contribution in [3.8, 4) is 0 Å². The Morgan fingerprint density at radius 1 is 1.25 bits per heavy atom. The molecule has 0 bridgehead atoms. The molecule has 0 radical (unpaired) electrons. The molecule has 1 fully saturated rings. The lowest BCUT2D eigenvalue weighted by Gasteiger charge is -2.35. The van der Waals surface area contributed by atoms with Crippen molar-refractivity contribution in [2.45, 2.75) is 39.7 Å². The Hall–Kier alpha value is -0.170. The average Bonchev–Trinajstić information content (AvgIpc) is 2.66. The van der Waals surface area contributed by atoms with Gasteiger partial charge in [-0.2, -0.15) is 0 Å². The highest BCUT2D eigenvalue weighted by Gasteiger charge is 2.22. The van der Waals surface area contributed by atoms with Crippen LogP contribution in [0.1, 0.15) is 33.6 Å². The van der Waals surface area contributed by atoms with Crippen LogP contribution in [-0.4, -0.2) is 95.4 Å². The van der Waals surface area contributed by atoms with Gasteiger partial charge in [-0.1, -0.05) is 13.8 Å². The molecule has 0 spiro atoms. The van der Waals surface area contributed by atoms with Crippen molar-refractivity contribution in [3.05, 3.63) is 0 Å². The number of aliphatic imine (C=N–C) groups is 1. The number of ether oxygens (including phenoxy) is 1. The fraction of sp³-hybridized carbons (Fsp3) is 0.944. The molecule has 2 N–H and O–H groups in total. The molecule has 1 aliphatic rings. The van der Waals surface area contributed by atoms with E-state index in [1.54, 1.807) is 21.0 Å². The number of nitrogens with zero attached hydrogens (tertiary/aromatic N) is 3. The normalized spacial score (nSPS) is 17.5. The van der Waals surface area contributed by atoms with E-state index in [1.807, 2.05) is 0 Å². The molecule has 0 aromatic rings.